The molecule has 8 heteroatoms. The second-order valence-electron chi connectivity index (χ2n) is 5.30. The Labute approximate surface area is 145 Å². The summed E-state index contributed by atoms with van der Waals surface area (Å²) in [6.45, 7) is 1.29. The summed E-state index contributed by atoms with van der Waals surface area (Å²) in [5.41, 5.74) is 1.43. The molecule has 1 N–H and O–H groups in total. The summed E-state index contributed by atoms with van der Waals surface area (Å²) in [5, 5.41) is 9.15. The van der Waals surface area contributed by atoms with Crippen molar-refractivity contribution in [3.8, 4) is 11.5 Å². The maximum Gasteiger partial charge on any atom is 0.323 e. The topological polar surface area (TPSA) is 102 Å². The summed E-state index contributed by atoms with van der Waals surface area (Å²) in [5.74, 6) is -0.465. The van der Waals surface area contributed by atoms with Crippen molar-refractivity contribution in [2.45, 2.75) is 13.5 Å². The molecule has 0 fully saturated rings. The number of methoxy groups -OCH3 is 2. The third-order valence-electron chi connectivity index (χ3n) is 3.54. The van der Waals surface area contributed by atoms with Gasteiger partial charge in [0.1, 0.15) is 24.4 Å². The van der Waals surface area contributed by atoms with Gasteiger partial charge in [0, 0.05) is 18.8 Å². The second-order valence-corrected chi connectivity index (χ2v) is 5.30. The molecule has 1 aromatic carbocycles. The number of carbonyl (C=O) groups is 2. The molecule has 1 aromatic heterocycles. The second kappa shape index (κ2) is 8.09. The quantitative estimate of drug-likeness (QED) is 0.812. The minimum atomic E-state index is -1.11. The van der Waals surface area contributed by atoms with Crippen molar-refractivity contribution in [2.75, 3.05) is 20.8 Å². The average Bonchev–Trinajstić information content (AvgIpc) is 2.60. The number of ether oxygens (including phenoxy) is 2. The van der Waals surface area contributed by atoms with E-state index < -0.39 is 18.4 Å². The van der Waals surface area contributed by atoms with Crippen LogP contribution in [0.3, 0.4) is 0 Å². The lowest BCUT2D eigenvalue weighted by Gasteiger charge is -2.22. The smallest absolute Gasteiger partial charge is 0.323 e. The van der Waals surface area contributed by atoms with Gasteiger partial charge in [0.05, 0.1) is 25.5 Å². The van der Waals surface area contributed by atoms with Gasteiger partial charge in [-0.1, -0.05) is 0 Å². The minimum Gasteiger partial charge on any atom is -0.497 e. The lowest BCUT2D eigenvalue weighted by Crippen LogP contribution is -2.35. The Bertz CT molecular complexity index is 756. The van der Waals surface area contributed by atoms with Gasteiger partial charge < -0.3 is 19.5 Å². The number of aryl methyl sites for hydroxylation is 1. The number of rotatable bonds is 7. The lowest BCUT2D eigenvalue weighted by molar-refractivity contribution is -0.137. The molecule has 132 valence electrons. The van der Waals surface area contributed by atoms with E-state index in [4.69, 9.17) is 14.6 Å². The van der Waals surface area contributed by atoms with Crippen LogP contribution in [0.1, 0.15) is 21.6 Å². The van der Waals surface area contributed by atoms with Gasteiger partial charge in [-0.3, -0.25) is 9.59 Å². The van der Waals surface area contributed by atoms with E-state index in [9.17, 15) is 9.59 Å². The van der Waals surface area contributed by atoms with Crippen molar-refractivity contribution >= 4 is 11.9 Å². The van der Waals surface area contributed by atoms with Crippen molar-refractivity contribution < 1.29 is 24.2 Å². The van der Waals surface area contributed by atoms with Crippen molar-refractivity contribution in [3.05, 3.63) is 47.5 Å². The summed E-state index contributed by atoms with van der Waals surface area (Å²) in [7, 11) is 3.03. The van der Waals surface area contributed by atoms with Gasteiger partial charge in [-0.2, -0.15) is 0 Å². The SMILES string of the molecule is COc1cc(CN(CC(=O)O)C(=O)c2cncnc2C)cc(OC)c1. The van der Waals surface area contributed by atoms with Crippen LogP contribution in [0, 0.1) is 6.92 Å². The molecule has 0 aliphatic heterocycles. The van der Waals surface area contributed by atoms with E-state index in [1.54, 1.807) is 25.1 Å². The molecule has 0 aliphatic rings. The highest BCUT2D eigenvalue weighted by atomic mass is 16.5. The zero-order chi connectivity index (χ0) is 18.4. The number of amides is 1. The van der Waals surface area contributed by atoms with Crippen LogP contribution in [0.25, 0.3) is 0 Å². The highest BCUT2D eigenvalue weighted by Gasteiger charge is 2.21. The molecule has 1 heterocycles. The van der Waals surface area contributed by atoms with Crippen molar-refractivity contribution in [2.24, 2.45) is 0 Å². The fraction of sp³-hybridized carbons (Fsp3) is 0.294. The van der Waals surface area contributed by atoms with Gasteiger partial charge in [-0.05, 0) is 24.6 Å². The van der Waals surface area contributed by atoms with Crippen LogP contribution in [0.5, 0.6) is 11.5 Å². The lowest BCUT2D eigenvalue weighted by atomic mass is 10.1. The molecule has 0 radical (unpaired) electrons. The first kappa shape index (κ1) is 18.2. The number of benzene rings is 1. The molecular formula is C17H19N3O5. The van der Waals surface area contributed by atoms with Crippen LogP contribution >= 0.6 is 0 Å². The highest BCUT2D eigenvalue weighted by molar-refractivity contribution is 5.96. The predicted octanol–water partition coefficient (Wildman–Crippen LogP) is 1.53. The van der Waals surface area contributed by atoms with Crippen molar-refractivity contribution in [1.29, 1.82) is 0 Å². The number of hydrogen-bond acceptors (Lipinski definition) is 6. The number of nitrogens with zero attached hydrogens (tertiary/aromatic N) is 3. The predicted molar refractivity (Wildman–Crippen MR) is 88.7 cm³/mol. The van der Waals surface area contributed by atoms with Gasteiger partial charge in [-0.25, -0.2) is 9.97 Å². The number of carboxylic acid groups (broad SMARTS) is 1. The third kappa shape index (κ3) is 4.66. The Balaban J connectivity index is 2.34. The van der Waals surface area contributed by atoms with Gasteiger partial charge in [0.2, 0.25) is 0 Å². The number of aromatic nitrogens is 2. The Morgan fingerprint density at radius 2 is 1.80 bits per heavy atom. The number of carbonyl (C=O) groups excluding carboxylic acids is 1. The summed E-state index contributed by atoms with van der Waals surface area (Å²) in [6.07, 6.45) is 2.71. The number of aliphatic carboxylic acids is 1. The van der Waals surface area contributed by atoms with Crippen LogP contribution in [-0.4, -0.2) is 52.6 Å². The molecule has 8 nitrogen and oxygen atoms in total. The monoisotopic (exact) mass is 345 g/mol. The summed E-state index contributed by atoms with van der Waals surface area (Å²) >= 11 is 0. The largest absolute Gasteiger partial charge is 0.497 e. The third-order valence-corrected chi connectivity index (χ3v) is 3.54. The minimum absolute atomic E-state index is 0.0764. The number of carboxylic acids is 1. The van der Waals surface area contributed by atoms with Gasteiger partial charge in [0.15, 0.2) is 0 Å². The van der Waals surface area contributed by atoms with E-state index in [0.29, 0.717) is 22.8 Å². The standard InChI is InChI=1S/C17H19N3O5/c1-11-15(7-18-10-19-11)17(23)20(9-16(21)22)8-12-4-13(24-2)6-14(5-12)25-3/h4-7,10H,8-9H2,1-3H3,(H,21,22). The summed E-state index contributed by atoms with van der Waals surface area (Å²) in [6, 6.07) is 5.14. The Kier molecular flexibility index (Phi) is 5.89. The molecule has 2 aromatic rings. The molecule has 0 unspecified atom stereocenters. The molecule has 25 heavy (non-hydrogen) atoms. The van der Waals surface area contributed by atoms with Gasteiger partial charge >= 0.3 is 5.97 Å². The van der Waals surface area contributed by atoms with Gasteiger partial charge in [0.25, 0.3) is 5.91 Å². The first-order chi connectivity index (χ1) is 11.9. The van der Waals surface area contributed by atoms with E-state index >= 15 is 0 Å². The van der Waals surface area contributed by atoms with E-state index in [1.807, 2.05) is 0 Å². The molecule has 0 saturated heterocycles. The summed E-state index contributed by atoms with van der Waals surface area (Å²) < 4.78 is 10.4. The number of hydrogen-bond donors (Lipinski definition) is 1. The maximum atomic E-state index is 12.7. The molecular weight excluding hydrogens is 326 g/mol. The molecule has 0 spiro atoms. The zero-order valence-electron chi connectivity index (χ0n) is 14.2. The Hall–Kier alpha value is -3.16. The van der Waals surface area contributed by atoms with Crippen molar-refractivity contribution in [3.63, 3.8) is 0 Å². The van der Waals surface area contributed by atoms with E-state index in [-0.39, 0.29) is 12.1 Å². The average molecular weight is 345 g/mol. The molecule has 2 rings (SSSR count). The Morgan fingerprint density at radius 1 is 1.16 bits per heavy atom. The first-order valence-electron chi connectivity index (χ1n) is 7.44. The summed E-state index contributed by atoms with van der Waals surface area (Å²) in [4.78, 5) is 33.0. The van der Waals surface area contributed by atoms with E-state index in [0.717, 1.165) is 0 Å². The molecule has 1 amide bonds. The van der Waals surface area contributed by atoms with Crippen LogP contribution in [0.4, 0.5) is 0 Å². The van der Waals surface area contributed by atoms with E-state index in [2.05, 4.69) is 9.97 Å². The highest BCUT2D eigenvalue weighted by Crippen LogP contribution is 2.24. The zero-order valence-corrected chi connectivity index (χ0v) is 14.2. The first-order valence-corrected chi connectivity index (χ1v) is 7.44. The van der Waals surface area contributed by atoms with Crippen LogP contribution in [-0.2, 0) is 11.3 Å². The van der Waals surface area contributed by atoms with Gasteiger partial charge in [-0.15, -0.1) is 0 Å². The normalized spacial score (nSPS) is 10.2. The fourth-order valence-corrected chi connectivity index (χ4v) is 2.31. The molecule has 0 aliphatic carbocycles. The van der Waals surface area contributed by atoms with Crippen molar-refractivity contribution in [1.82, 2.24) is 14.9 Å². The molecule has 0 saturated carbocycles. The fourth-order valence-electron chi connectivity index (χ4n) is 2.31. The van der Waals surface area contributed by atoms with Crippen LogP contribution < -0.4 is 9.47 Å². The molecule has 0 atom stereocenters. The van der Waals surface area contributed by atoms with Crippen LogP contribution in [0.15, 0.2) is 30.7 Å². The van der Waals surface area contributed by atoms with E-state index in [1.165, 1.54) is 31.6 Å². The Morgan fingerprint density at radius 3 is 2.32 bits per heavy atom. The van der Waals surface area contributed by atoms with Crippen LogP contribution in [0.2, 0.25) is 0 Å². The maximum absolute atomic E-state index is 12.7. The molecule has 0 bridgehead atoms.